The number of Topliss-reactive ketones (excluding diaryl/α,β-unsaturated/α-hetero) is 1. The van der Waals surface area contributed by atoms with E-state index in [1.54, 1.807) is 18.2 Å². The normalized spacial score (nSPS) is 16.9. The van der Waals surface area contributed by atoms with Crippen LogP contribution < -0.4 is 4.74 Å². The van der Waals surface area contributed by atoms with E-state index in [-0.39, 0.29) is 16.4 Å². The van der Waals surface area contributed by atoms with Crippen molar-refractivity contribution in [3.8, 4) is 11.5 Å². The van der Waals surface area contributed by atoms with Gasteiger partial charge in [0.1, 0.15) is 15.7 Å². The molecule has 2 aromatic carbocycles. The van der Waals surface area contributed by atoms with Crippen LogP contribution >= 0.6 is 34.5 Å². The Kier molecular flexibility index (Phi) is 7.22. The molecule has 0 aliphatic carbocycles. The molecule has 1 atom stereocenters. The fourth-order valence-corrected chi connectivity index (χ4v) is 7.20. The third-order valence-corrected chi connectivity index (χ3v) is 9.14. The Balaban J connectivity index is 1.36. The molecule has 1 aromatic heterocycles. The van der Waals surface area contributed by atoms with Crippen LogP contribution in [-0.2, 0) is 21.2 Å². The first-order valence-electron chi connectivity index (χ1n) is 10.2. The topological polar surface area (TPSA) is 63.7 Å². The van der Waals surface area contributed by atoms with Gasteiger partial charge in [0.05, 0.1) is 10.4 Å². The highest BCUT2D eigenvalue weighted by atomic mass is 35.5. The standard InChI is InChI=1S/C23H21Cl2NO4S2/c24-17-3-1-4-19(15-17)30-18-9-6-16(7-10-18)8-11-21(27)20-5-2-14-26(20)32(28,29)23-13-12-22(25)31-23/h1,3-4,6-7,9-10,12-13,15,20H,2,5,8,11,14H2/t20-/m0/s1. The molecule has 9 heteroatoms. The van der Waals surface area contributed by atoms with Crippen LogP contribution in [0.3, 0.4) is 0 Å². The minimum atomic E-state index is -3.71. The van der Waals surface area contributed by atoms with E-state index in [0.29, 0.717) is 46.7 Å². The molecule has 1 fully saturated rings. The predicted molar refractivity (Wildman–Crippen MR) is 128 cm³/mol. The molecule has 0 N–H and O–H groups in total. The second-order valence-corrected chi connectivity index (χ2v) is 11.8. The van der Waals surface area contributed by atoms with E-state index in [4.69, 9.17) is 27.9 Å². The lowest BCUT2D eigenvalue weighted by molar-refractivity contribution is -0.122. The van der Waals surface area contributed by atoms with Crippen molar-refractivity contribution in [2.24, 2.45) is 0 Å². The van der Waals surface area contributed by atoms with Crippen molar-refractivity contribution < 1.29 is 17.9 Å². The number of thiophene rings is 1. The van der Waals surface area contributed by atoms with Gasteiger partial charge in [-0.15, -0.1) is 11.3 Å². The number of halogens is 2. The minimum Gasteiger partial charge on any atom is -0.457 e. The van der Waals surface area contributed by atoms with Crippen LogP contribution in [0.2, 0.25) is 9.36 Å². The van der Waals surface area contributed by atoms with Gasteiger partial charge in [-0.3, -0.25) is 4.79 Å². The lowest BCUT2D eigenvalue weighted by Crippen LogP contribution is -2.40. The number of benzene rings is 2. The maximum atomic E-state index is 12.9. The van der Waals surface area contributed by atoms with Gasteiger partial charge in [-0.05, 0) is 67.3 Å². The van der Waals surface area contributed by atoms with E-state index >= 15 is 0 Å². The average molecular weight is 510 g/mol. The highest BCUT2D eigenvalue weighted by Gasteiger charge is 2.39. The second kappa shape index (κ2) is 9.93. The zero-order chi connectivity index (χ0) is 22.7. The zero-order valence-electron chi connectivity index (χ0n) is 17.0. The molecule has 0 spiro atoms. The largest absolute Gasteiger partial charge is 0.457 e. The van der Waals surface area contributed by atoms with Gasteiger partial charge in [-0.1, -0.05) is 41.4 Å². The highest BCUT2D eigenvalue weighted by molar-refractivity contribution is 7.91. The smallest absolute Gasteiger partial charge is 0.253 e. The Morgan fingerprint density at radius 2 is 1.84 bits per heavy atom. The van der Waals surface area contributed by atoms with Crippen molar-refractivity contribution in [1.29, 1.82) is 0 Å². The molecule has 0 bridgehead atoms. The molecule has 5 nitrogen and oxygen atoms in total. The fourth-order valence-electron chi connectivity index (χ4n) is 3.73. The maximum absolute atomic E-state index is 12.9. The van der Waals surface area contributed by atoms with Gasteiger partial charge in [0.25, 0.3) is 10.0 Å². The molecule has 4 rings (SSSR count). The molecular formula is C23H21Cl2NO4S2. The molecular weight excluding hydrogens is 489 g/mol. The van der Waals surface area contributed by atoms with Crippen LogP contribution in [0.25, 0.3) is 0 Å². The number of aryl methyl sites for hydroxylation is 1. The molecule has 168 valence electrons. The lowest BCUT2D eigenvalue weighted by atomic mass is 10.0. The Labute approximate surface area is 201 Å². The number of nitrogens with zero attached hydrogens (tertiary/aromatic N) is 1. The molecule has 3 aromatic rings. The summed E-state index contributed by atoms with van der Waals surface area (Å²) in [4.78, 5) is 12.9. The van der Waals surface area contributed by atoms with Gasteiger partial charge >= 0.3 is 0 Å². The number of ketones is 1. The maximum Gasteiger partial charge on any atom is 0.253 e. The summed E-state index contributed by atoms with van der Waals surface area (Å²) in [6.07, 6.45) is 2.02. The number of ether oxygens (including phenoxy) is 1. The van der Waals surface area contributed by atoms with Crippen LogP contribution in [0.1, 0.15) is 24.8 Å². The first-order valence-corrected chi connectivity index (χ1v) is 13.2. The Hall–Kier alpha value is -1.90. The summed E-state index contributed by atoms with van der Waals surface area (Å²) in [6.45, 7) is 0.351. The van der Waals surface area contributed by atoms with Crippen molar-refractivity contribution in [2.75, 3.05) is 6.54 Å². The summed E-state index contributed by atoms with van der Waals surface area (Å²) >= 11 is 12.9. The first-order chi connectivity index (χ1) is 15.3. The number of hydrogen-bond acceptors (Lipinski definition) is 5. The van der Waals surface area contributed by atoms with Gasteiger partial charge in [0.15, 0.2) is 5.78 Å². The van der Waals surface area contributed by atoms with Crippen LogP contribution in [0.15, 0.2) is 64.9 Å². The SMILES string of the molecule is O=C(CCc1ccc(Oc2cccc(Cl)c2)cc1)[C@@H]1CCCN1S(=O)(=O)c1ccc(Cl)s1. The quantitative estimate of drug-likeness (QED) is 0.362. The number of rotatable bonds is 8. The summed E-state index contributed by atoms with van der Waals surface area (Å²) in [5, 5.41) is 0.600. The predicted octanol–water partition coefficient (Wildman–Crippen LogP) is 6.20. The molecule has 0 radical (unpaired) electrons. The van der Waals surface area contributed by atoms with Crippen LogP contribution in [-0.4, -0.2) is 31.1 Å². The van der Waals surface area contributed by atoms with E-state index in [1.807, 2.05) is 36.4 Å². The van der Waals surface area contributed by atoms with Crippen molar-refractivity contribution in [2.45, 2.75) is 35.9 Å². The van der Waals surface area contributed by atoms with Crippen LogP contribution in [0.4, 0.5) is 0 Å². The Morgan fingerprint density at radius 3 is 2.53 bits per heavy atom. The lowest BCUT2D eigenvalue weighted by Gasteiger charge is -2.22. The van der Waals surface area contributed by atoms with Crippen molar-refractivity contribution in [3.63, 3.8) is 0 Å². The van der Waals surface area contributed by atoms with E-state index in [9.17, 15) is 13.2 Å². The summed E-state index contributed by atoms with van der Waals surface area (Å²) in [7, 11) is -3.71. The second-order valence-electron chi connectivity index (χ2n) is 7.50. The number of sulfonamides is 1. The van der Waals surface area contributed by atoms with E-state index in [1.165, 1.54) is 10.4 Å². The van der Waals surface area contributed by atoms with Gasteiger partial charge in [0.2, 0.25) is 0 Å². The molecule has 2 heterocycles. The van der Waals surface area contributed by atoms with Crippen molar-refractivity contribution in [1.82, 2.24) is 4.31 Å². The summed E-state index contributed by atoms with van der Waals surface area (Å²) in [5.74, 6) is 1.26. The molecule has 0 amide bonds. The van der Waals surface area contributed by atoms with Gasteiger partial charge in [0, 0.05) is 18.0 Å². The Bertz CT molecular complexity index is 1210. The molecule has 1 aliphatic rings. The Morgan fingerprint density at radius 1 is 1.06 bits per heavy atom. The summed E-state index contributed by atoms with van der Waals surface area (Å²) in [6, 6.07) is 17.1. The van der Waals surface area contributed by atoms with Gasteiger partial charge < -0.3 is 4.74 Å². The number of carbonyl (C=O) groups excluding carboxylic acids is 1. The summed E-state index contributed by atoms with van der Waals surface area (Å²) < 4.78 is 33.6. The molecule has 0 unspecified atom stereocenters. The van der Waals surface area contributed by atoms with Crippen molar-refractivity contribution >= 4 is 50.3 Å². The third-order valence-electron chi connectivity index (χ3n) is 5.30. The van der Waals surface area contributed by atoms with Crippen LogP contribution in [0, 0.1) is 0 Å². The molecule has 0 saturated carbocycles. The number of carbonyl (C=O) groups is 1. The summed E-state index contributed by atoms with van der Waals surface area (Å²) in [5.41, 5.74) is 0.981. The van der Waals surface area contributed by atoms with E-state index in [2.05, 4.69) is 0 Å². The minimum absolute atomic E-state index is 0.0621. The van der Waals surface area contributed by atoms with E-state index < -0.39 is 16.1 Å². The first kappa shape index (κ1) is 23.3. The van der Waals surface area contributed by atoms with Gasteiger partial charge in [-0.25, -0.2) is 8.42 Å². The monoisotopic (exact) mass is 509 g/mol. The van der Waals surface area contributed by atoms with Crippen LogP contribution in [0.5, 0.6) is 11.5 Å². The average Bonchev–Trinajstić information content (AvgIpc) is 3.43. The highest BCUT2D eigenvalue weighted by Crippen LogP contribution is 2.33. The third kappa shape index (κ3) is 5.35. The number of hydrogen-bond donors (Lipinski definition) is 0. The molecule has 1 saturated heterocycles. The van der Waals surface area contributed by atoms with Crippen molar-refractivity contribution in [3.05, 3.63) is 75.6 Å². The van der Waals surface area contributed by atoms with Gasteiger partial charge in [-0.2, -0.15) is 4.31 Å². The molecule has 32 heavy (non-hydrogen) atoms. The van der Waals surface area contributed by atoms with E-state index in [0.717, 1.165) is 16.9 Å². The molecule has 1 aliphatic heterocycles. The fraction of sp³-hybridized carbons (Fsp3) is 0.261. The zero-order valence-corrected chi connectivity index (χ0v) is 20.2.